The van der Waals surface area contributed by atoms with E-state index in [-0.39, 0.29) is 45.7 Å². The van der Waals surface area contributed by atoms with Crippen LogP contribution < -0.4 is 4.74 Å². The summed E-state index contributed by atoms with van der Waals surface area (Å²) in [5.74, 6) is -1.73. The van der Waals surface area contributed by atoms with Crippen molar-refractivity contribution in [2.75, 3.05) is 6.61 Å². The fourth-order valence-electron chi connectivity index (χ4n) is 3.09. The Morgan fingerprint density at radius 1 is 1.03 bits per heavy atom. The van der Waals surface area contributed by atoms with Crippen LogP contribution in [-0.4, -0.2) is 17.5 Å². The van der Waals surface area contributed by atoms with Gasteiger partial charge in [0.15, 0.2) is 5.78 Å². The topological polar surface area (TPSA) is 46.5 Å². The van der Waals surface area contributed by atoms with Crippen LogP contribution in [0.2, 0.25) is 10.0 Å². The number of ether oxygens (including phenoxy) is 1. The Labute approximate surface area is 191 Å². The molecule has 0 fully saturated rings. The standard InChI is InChI=1S/C23H16Cl2F4O3/c1-12(30)11-32-14-9-19(24)17(20(25)10-14)8-13-5-6-21(31)16(7-13)15-3-2-4-18(22(15)26)23(27,28)29/h2-7,9-10,31H,8,11H2,1H3. The van der Waals surface area contributed by atoms with Gasteiger partial charge in [-0.2, -0.15) is 13.2 Å². The summed E-state index contributed by atoms with van der Waals surface area (Å²) in [4.78, 5) is 11.1. The van der Waals surface area contributed by atoms with Crippen LogP contribution in [0.3, 0.4) is 0 Å². The van der Waals surface area contributed by atoms with Gasteiger partial charge < -0.3 is 9.84 Å². The molecule has 0 aliphatic rings. The van der Waals surface area contributed by atoms with Crippen LogP contribution >= 0.6 is 23.2 Å². The summed E-state index contributed by atoms with van der Waals surface area (Å²) in [6, 6.07) is 9.99. The SMILES string of the molecule is CC(=O)COc1cc(Cl)c(Cc2ccc(O)c(-c3cccc(C(F)(F)F)c3F)c2)c(Cl)c1. The Kier molecular flexibility index (Phi) is 7.00. The zero-order valence-corrected chi connectivity index (χ0v) is 18.1. The third-order valence-corrected chi connectivity index (χ3v) is 5.27. The molecule has 0 aromatic heterocycles. The van der Waals surface area contributed by atoms with Crippen LogP contribution in [0, 0.1) is 5.82 Å². The average molecular weight is 487 g/mol. The number of carbonyl (C=O) groups is 1. The van der Waals surface area contributed by atoms with Gasteiger partial charge in [0.2, 0.25) is 0 Å². The second-order valence-corrected chi connectivity index (χ2v) is 7.86. The van der Waals surface area contributed by atoms with E-state index in [1.54, 1.807) is 0 Å². The fourth-order valence-corrected chi connectivity index (χ4v) is 3.69. The molecule has 3 aromatic rings. The van der Waals surface area contributed by atoms with Crippen LogP contribution in [0.25, 0.3) is 11.1 Å². The van der Waals surface area contributed by atoms with Crippen molar-refractivity contribution in [3.05, 3.63) is 81.1 Å². The summed E-state index contributed by atoms with van der Waals surface area (Å²) < 4.78 is 59.1. The van der Waals surface area contributed by atoms with Crippen molar-refractivity contribution in [2.45, 2.75) is 19.5 Å². The number of hydrogen-bond acceptors (Lipinski definition) is 3. The van der Waals surface area contributed by atoms with E-state index in [1.165, 1.54) is 37.3 Å². The number of phenols is 1. The van der Waals surface area contributed by atoms with Crippen molar-refractivity contribution in [3.63, 3.8) is 0 Å². The second-order valence-electron chi connectivity index (χ2n) is 7.05. The average Bonchev–Trinajstić information content (AvgIpc) is 2.70. The van der Waals surface area contributed by atoms with Crippen molar-refractivity contribution < 1.29 is 32.2 Å². The van der Waals surface area contributed by atoms with Gasteiger partial charge in [0, 0.05) is 27.6 Å². The molecule has 0 saturated carbocycles. The van der Waals surface area contributed by atoms with Gasteiger partial charge in [0.25, 0.3) is 0 Å². The molecule has 3 nitrogen and oxygen atoms in total. The largest absolute Gasteiger partial charge is 0.507 e. The molecule has 0 unspecified atom stereocenters. The van der Waals surface area contributed by atoms with E-state index in [0.29, 0.717) is 22.9 Å². The summed E-state index contributed by atoms with van der Waals surface area (Å²) in [6.45, 7) is 1.23. The van der Waals surface area contributed by atoms with Gasteiger partial charge in [-0.1, -0.05) is 41.4 Å². The Bertz CT molecular complexity index is 1150. The number of hydrogen-bond donors (Lipinski definition) is 1. The van der Waals surface area contributed by atoms with E-state index in [1.807, 2.05) is 0 Å². The summed E-state index contributed by atoms with van der Waals surface area (Å²) in [5.41, 5.74) is -0.892. The summed E-state index contributed by atoms with van der Waals surface area (Å²) in [7, 11) is 0. The zero-order valence-electron chi connectivity index (χ0n) is 16.6. The molecule has 0 saturated heterocycles. The van der Waals surface area contributed by atoms with E-state index < -0.39 is 17.6 Å². The van der Waals surface area contributed by atoms with Crippen LogP contribution in [0.5, 0.6) is 11.5 Å². The van der Waals surface area contributed by atoms with E-state index in [0.717, 1.165) is 12.1 Å². The minimum atomic E-state index is -4.87. The van der Waals surface area contributed by atoms with E-state index in [2.05, 4.69) is 0 Å². The fraction of sp³-hybridized carbons (Fsp3) is 0.174. The van der Waals surface area contributed by atoms with E-state index in [4.69, 9.17) is 27.9 Å². The highest BCUT2D eigenvalue weighted by Gasteiger charge is 2.35. The lowest BCUT2D eigenvalue weighted by atomic mass is 9.96. The van der Waals surface area contributed by atoms with Gasteiger partial charge in [0.1, 0.15) is 23.9 Å². The van der Waals surface area contributed by atoms with Gasteiger partial charge >= 0.3 is 6.18 Å². The van der Waals surface area contributed by atoms with Crippen molar-refractivity contribution in [1.29, 1.82) is 0 Å². The molecular formula is C23H16Cl2F4O3. The predicted molar refractivity (Wildman–Crippen MR) is 114 cm³/mol. The molecule has 0 heterocycles. The monoisotopic (exact) mass is 486 g/mol. The quantitative estimate of drug-likeness (QED) is 0.378. The number of carbonyl (C=O) groups excluding carboxylic acids is 1. The van der Waals surface area contributed by atoms with Crippen LogP contribution in [-0.2, 0) is 17.4 Å². The Balaban J connectivity index is 1.97. The summed E-state index contributed by atoms with van der Waals surface area (Å²) in [6.07, 6.45) is -4.72. The first-order chi connectivity index (χ1) is 15.0. The highest BCUT2D eigenvalue weighted by Crippen LogP contribution is 2.39. The number of halogens is 6. The number of Topliss-reactive ketones (excluding diaryl/α,β-unsaturated/α-hetero) is 1. The minimum absolute atomic E-state index is 0.0974. The number of ketones is 1. The maximum Gasteiger partial charge on any atom is 0.419 e. The number of alkyl halides is 3. The van der Waals surface area contributed by atoms with Crippen LogP contribution in [0.15, 0.2) is 48.5 Å². The molecule has 0 aliphatic heterocycles. The highest BCUT2D eigenvalue weighted by molar-refractivity contribution is 6.36. The minimum Gasteiger partial charge on any atom is -0.507 e. The third-order valence-electron chi connectivity index (χ3n) is 4.59. The molecule has 0 radical (unpaired) electrons. The summed E-state index contributed by atoms with van der Waals surface area (Å²) >= 11 is 12.6. The molecule has 3 aromatic carbocycles. The smallest absolute Gasteiger partial charge is 0.419 e. The molecule has 9 heteroatoms. The Morgan fingerprint density at radius 2 is 1.69 bits per heavy atom. The Hall–Kier alpha value is -2.77. The lowest BCUT2D eigenvalue weighted by Gasteiger charge is -2.14. The van der Waals surface area contributed by atoms with Gasteiger partial charge in [-0.05, 0) is 48.4 Å². The first-order valence-corrected chi connectivity index (χ1v) is 10.0. The second kappa shape index (κ2) is 9.38. The maximum absolute atomic E-state index is 14.6. The molecule has 3 rings (SSSR count). The van der Waals surface area contributed by atoms with Crippen molar-refractivity contribution in [3.8, 4) is 22.6 Å². The lowest BCUT2D eigenvalue weighted by Crippen LogP contribution is -2.08. The predicted octanol–water partition coefficient (Wildman–Crippen LogP) is 7.08. The van der Waals surface area contributed by atoms with Crippen LogP contribution in [0.4, 0.5) is 17.6 Å². The van der Waals surface area contributed by atoms with Gasteiger partial charge in [0.05, 0.1) is 5.56 Å². The van der Waals surface area contributed by atoms with Gasteiger partial charge in [-0.25, -0.2) is 4.39 Å². The molecule has 32 heavy (non-hydrogen) atoms. The molecule has 0 bridgehead atoms. The van der Waals surface area contributed by atoms with Crippen LogP contribution in [0.1, 0.15) is 23.6 Å². The third kappa shape index (κ3) is 5.34. The van der Waals surface area contributed by atoms with Crippen molar-refractivity contribution in [2.24, 2.45) is 0 Å². The van der Waals surface area contributed by atoms with Gasteiger partial charge in [-0.15, -0.1) is 0 Å². The molecular weight excluding hydrogens is 471 g/mol. The lowest BCUT2D eigenvalue weighted by molar-refractivity contribution is -0.139. The first-order valence-electron chi connectivity index (χ1n) is 9.25. The highest BCUT2D eigenvalue weighted by atomic mass is 35.5. The number of phenolic OH excluding ortho intramolecular Hbond substituents is 1. The number of benzene rings is 3. The van der Waals surface area contributed by atoms with E-state index in [9.17, 15) is 27.5 Å². The first kappa shape index (κ1) is 23.9. The molecule has 0 amide bonds. The van der Waals surface area contributed by atoms with Gasteiger partial charge in [-0.3, -0.25) is 4.79 Å². The number of aromatic hydroxyl groups is 1. The van der Waals surface area contributed by atoms with E-state index >= 15 is 0 Å². The molecule has 1 N–H and O–H groups in total. The summed E-state index contributed by atoms with van der Waals surface area (Å²) in [5, 5.41) is 10.7. The maximum atomic E-state index is 14.6. The molecule has 0 aliphatic carbocycles. The number of rotatable bonds is 6. The molecule has 0 spiro atoms. The zero-order chi connectivity index (χ0) is 23.6. The molecule has 168 valence electrons. The van der Waals surface area contributed by atoms with Crippen molar-refractivity contribution >= 4 is 29.0 Å². The normalized spacial score (nSPS) is 11.5. The molecule has 0 atom stereocenters. The Morgan fingerprint density at radius 3 is 2.28 bits per heavy atom. The van der Waals surface area contributed by atoms with Crippen molar-refractivity contribution in [1.82, 2.24) is 0 Å².